The summed E-state index contributed by atoms with van der Waals surface area (Å²) in [4.78, 5) is 37.4. The van der Waals surface area contributed by atoms with Gasteiger partial charge in [-0.3, -0.25) is 9.59 Å². The van der Waals surface area contributed by atoms with Crippen molar-refractivity contribution in [3.8, 4) is 11.1 Å². The molecule has 1 aromatic heterocycles. The number of esters is 1. The van der Waals surface area contributed by atoms with Gasteiger partial charge in [0, 0.05) is 10.9 Å². The number of benzene rings is 1. The van der Waals surface area contributed by atoms with Crippen molar-refractivity contribution in [3.63, 3.8) is 0 Å². The number of carboxylic acids is 1. The minimum absolute atomic E-state index is 0.305. The van der Waals surface area contributed by atoms with Crippen LogP contribution in [0.1, 0.15) is 55.5 Å². The highest BCUT2D eigenvalue weighted by molar-refractivity contribution is 7.15. The predicted molar refractivity (Wildman–Crippen MR) is 117 cm³/mol. The molecule has 0 bridgehead atoms. The van der Waals surface area contributed by atoms with Gasteiger partial charge in [-0.1, -0.05) is 42.7 Å². The highest BCUT2D eigenvalue weighted by atomic mass is 32.1. The Morgan fingerprint density at radius 2 is 1.87 bits per heavy atom. The van der Waals surface area contributed by atoms with Gasteiger partial charge in [0.05, 0.1) is 17.9 Å². The second kappa shape index (κ2) is 9.43. The molecular weight excluding hydrogens is 402 g/mol. The molecule has 0 unspecified atom stereocenters. The molecular formula is C23H27NO5S. The lowest BCUT2D eigenvalue weighted by Crippen LogP contribution is -2.36. The first-order valence-electron chi connectivity index (χ1n) is 10.2. The molecule has 0 radical (unpaired) electrons. The smallest absolute Gasteiger partial charge is 0.342 e. The molecule has 3 rings (SSSR count). The second-order valence-corrected chi connectivity index (χ2v) is 8.88. The molecule has 2 N–H and O–H groups in total. The highest BCUT2D eigenvalue weighted by Gasteiger charge is 2.36. The van der Waals surface area contributed by atoms with E-state index in [0.29, 0.717) is 29.0 Å². The fraction of sp³-hybridized carbons (Fsp3) is 0.435. The van der Waals surface area contributed by atoms with Crippen molar-refractivity contribution in [1.82, 2.24) is 0 Å². The van der Waals surface area contributed by atoms with E-state index in [2.05, 4.69) is 5.32 Å². The van der Waals surface area contributed by atoms with Crippen LogP contribution in [0.25, 0.3) is 11.1 Å². The molecule has 2 atom stereocenters. The molecule has 1 aliphatic rings. The van der Waals surface area contributed by atoms with E-state index in [4.69, 9.17) is 4.74 Å². The lowest BCUT2D eigenvalue weighted by molar-refractivity contribution is -0.147. The van der Waals surface area contributed by atoms with Crippen molar-refractivity contribution in [1.29, 1.82) is 0 Å². The van der Waals surface area contributed by atoms with Gasteiger partial charge in [0.2, 0.25) is 5.91 Å². The summed E-state index contributed by atoms with van der Waals surface area (Å²) < 4.78 is 5.44. The molecule has 1 aliphatic carbocycles. The zero-order chi connectivity index (χ0) is 21.8. The Balaban J connectivity index is 1.95. The number of carboxylic acid groups (broad SMARTS) is 1. The average molecular weight is 430 g/mol. The summed E-state index contributed by atoms with van der Waals surface area (Å²) in [6, 6.07) is 7.77. The Morgan fingerprint density at radius 1 is 1.17 bits per heavy atom. The molecule has 1 heterocycles. The summed E-state index contributed by atoms with van der Waals surface area (Å²) in [5.41, 5.74) is 2.93. The van der Waals surface area contributed by atoms with E-state index in [0.717, 1.165) is 24.0 Å². The Labute approximate surface area is 180 Å². The van der Waals surface area contributed by atoms with Gasteiger partial charge in [-0.2, -0.15) is 0 Å². The van der Waals surface area contributed by atoms with Gasteiger partial charge in [0.1, 0.15) is 10.6 Å². The van der Waals surface area contributed by atoms with Gasteiger partial charge in [-0.15, -0.1) is 11.3 Å². The Morgan fingerprint density at radius 3 is 2.50 bits per heavy atom. The standard InChI is InChI=1S/C23H27NO5S/c1-13(2)29-23(28)19-18(15-8-6-7-14(3)11-15)12-30-21(19)24-20(25)16-9-4-5-10-17(16)22(26)27/h6-8,11-13,16-17H,4-5,9-10H2,1-3H3,(H,24,25)(H,26,27)/t16-,17+/m1/s1. The van der Waals surface area contributed by atoms with Gasteiger partial charge in [-0.25, -0.2) is 4.79 Å². The number of amides is 1. The summed E-state index contributed by atoms with van der Waals surface area (Å²) in [6.45, 7) is 5.52. The van der Waals surface area contributed by atoms with Crippen LogP contribution in [0.3, 0.4) is 0 Å². The largest absolute Gasteiger partial charge is 0.481 e. The third kappa shape index (κ3) is 4.90. The van der Waals surface area contributed by atoms with Crippen molar-refractivity contribution in [3.05, 3.63) is 40.8 Å². The monoisotopic (exact) mass is 429 g/mol. The minimum atomic E-state index is -0.944. The van der Waals surface area contributed by atoms with E-state index in [1.807, 2.05) is 36.6 Å². The van der Waals surface area contributed by atoms with E-state index in [1.165, 1.54) is 11.3 Å². The van der Waals surface area contributed by atoms with Gasteiger partial charge in [0.15, 0.2) is 0 Å². The molecule has 0 spiro atoms. The fourth-order valence-corrected chi connectivity index (χ4v) is 4.86. The van der Waals surface area contributed by atoms with Crippen molar-refractivity contribution >= 4 is 34.2 Å². The van der Waals surface area contributed by atoms with E-state index in [9.17, 15) is 19.5 Å². The maximum atomic E-state index is 13.0. The average Bonchev–Trinajstić information content (AvgIpc) is 3.11. The van der Waals surface area contributed by atoms with Crippen LogP contribution in [-0.2, 0) is 14.3 Å². The number of aryl methyl sites for hydroxylation is 1. The first kappa shape index (κ1) is 22.0. The fourth-order valence-electron chi connectivity index (χ4n) is 3.90. The van der Waals surface area contributed by atoms with Gasteiger partial charge < -0.3 is 15.2 Å². The maximum Gasteiger partial charge on any atom is 0.342 e. The molecule has 1 saturated carbocycles. The van der Waals surface area contributed by atoms with E-state index in [1.54, 1.807) is 13.8 Å². The molecule has 6 nitrogen and oxygen atoms in total. The Bertz CT molecular complexity index is 949. The first-order valence-corrected chi connectivity index (χ1v) is 11.1. The van der Waals surface area contributed by atoms with Crippen molar-refractivity contribution < 1.29 is 24.2 Å². The number of thiophene rings is 1. The van der Waals surface area contributed by atoms with Crippen LogP contribution in [0.5, 0.6) is 0 Å². The summed E-state index contributed by atoms with van der Waals surface area (Å²) in [7, 11) is 0. The zero-order valence-corrected chi connectivity index (χ0v) is 18.3. The highest BCUT2D eigenvalue weighted by Crippen LogP contribution is 2.38. The van der Waals surface area contributed by atoms with Crippen molar-refractivity contribution in [2.24, 2.45) is 11.8 Å². The molecule has 0 aliphatic heterocycles. The maximum absolute atomic E-state index is 13.0. The number of carbonyl (C=O) groups excluding carboxylic acids is 2. The number of carbonyl (C=O) groups is 3. The van der Waals surface area contributed by atoms with Crippen LogP contribution >= 0.6 is 11.3 Å². The molecule has 1 amide bonds. The quantitative estimate of drug-likeness (QED) is 0.622. The van der Waals surface area contributed by atoms with Gasteiger partial charge >= 0.3 is 11.9 Å². The topological polar surface area (TPSA) is 92.7 Å². The molecule has 30 heavy (non-hydrogen) atoms. The molecule has 7 heteroatoms. The number of nitrogens with one attached hydrogen (secondary N) is 1. The molecule has 1 fully saturated rings. The molecule has 2 aromatic rings. The SMILES string of the molecule is Cc1cccc(-c2csc(NC(=O)[C@@H]3CCCC[C@@H]3C(=O)O)c2C(=O)OC(C)C)c1. The Hall–Kier alpha value is -2.67. The third-order valence-corrected chi connectivity index (χ3v) is 6.22. The van der Waals surface area contributed by atoms with Crippen LogP contribution in [0.15, 0.2) is 29.6 Å². The summed E-state index contributed by atoms with van der Waals surface area (Å²) in [6.07, 6.45) is 2.35. The number of anilines is 1. The van der Waals surface area contributed by atoms with E-state index >= 15 is 0 Å². The third-order valence-electron chi connectivity index (χ3n) is 5.32. The van der Waals surface area contributed by atoms with Crippen LogP contribution < -0.4 is 5.32 Å². The predicted octanol–water partition coefficient (Wildman–Crippen LogP) is 5.12. The van der Waals surface area contributed by atoms with Crippen molar-refractivity contribution in [2.75, 3.05) is 5.32 Å². The Kier molecular flexibility index (Phi) is 6.92. The summed E-state index contributed by atoms with van der Waals surface area (Å²) >= 11 is 1.25. The van der Waals surface area contributed by atoms with Gasteiger partial charge in [-0.05, 0) is 39.2 Å². The van der Waals surface area contributed by atoms with Crippen LogP contribution in [0.4, 0.5) is 5.00 Å². The summed E-state index contributed by atoms with van der Waals surface area (Å²) in [5.74, 6) is -3.09. The molecule has 160 valence electrons. The number of aliphatic carboxylic acids is 1. The zero-order valence-electron chi connectivity index (χ0n) is 17.4. The van der Waals surface area contributed by atoms with Crippen LogP contribution in [-0.4, -0.2) is 29.1 Å². The summed E-state index contributed by atoms with van der Waals surface area (Å²) in [5, 5.41) is 14.6. The van der Waals surface area contributed by atoms with Crippen LogP contribution in [0.2, 0.25) is 0 Å². The first-order chi connectivity index (χ1) is 14.3. The lowest BCUT2D eigenvalue weighted by Gasteiger charge is -2.27. The van der Waals surface area contributed by atoms with Crippen LogP contribution in [0, 0.1) is 18.8 Å². The second-order valence-electron chi connectivity index (χ2n) is 8.00. The lowest BCUT2D eigenvalue weighted by atomic mass is 9.79. The van der Waals surface area contributed by atoms with Crippen molar-refractivity contribution in [2.45, 2.75) is 52.6 Å². The van der Waals surface area contributed by atoms with E-state index in [-0.39, 0.29) is 12.0 Å². The molecule has 1 aromatic carbocycles. The van der Waals surface area contributed by atoms with Gasteiger partial charge in [0.25, 0.3) is 0 Å². The van der Waals surface area contributed by atoms with E-state index < -0.39 is 23.8 Å². The number of hydrogen-bond acceptors (Lipinski definition) is 5. The number of ether oxygens (including phenoxy) is 1. The normalized spacial score (nSPS) is 18.8. The number of hydrogen-bond donors (Lipinski definition) is 2. The minimum Gasteiger partial charge on any atom is -0.481 e. The number of rotatable bonds is 6. The molecule has 0 saturated heterocycles.